The summed E-state index contributed by atoms with van der Waals surface area (Å²) >= 11 is 0. The monoisotopic (exact) mass is 348 g/mol. The van der Waals surface area contributed by atoms with Crippen molar-refractivity contribution in [2.24, 2.45) is 14.1 Å². The topological polar surface area (TPSA) is 102 Å². The molecule has 1 saturated heterocycles. The third-order valence-corrected chi connectivity index (χ3v) is 4.60. The van der Waals surface area contributed by atoms with Gasteiger partial charge < -0.3 is 14.4 Å². The number of fused-ring (bicyclic) bond motifs is 1. The first-order chi connectivity index (χ1) is 11.8. The van der Waals surface area contributed by atoms with Crippen molar-refractivity contribution in [1.82, 2.24) is 28.5 Å². The van der Waals surface area contributed by atoms with Crippen LogP contribution in [0.15, 0.2) is 15.9 Å². The molecule has 0 radical (unpaired) electrons. The minimum Gasteiger partial charge on any atom is -0.339 e. The van der Waals surface area contributed by atoms with Crippen LogP contribution in [0.25, 0.3) is 11.2 Å². The van der Waals surface area contributed by atoms with Crippen LogP contribution in [0.4, 0.5) is 0 Å². The molecule has 3 rings (SSSR count). The van der Waals surface area contributed by atoms with Crippen LogP contribution >= 0.6 is 0 Å². The van der Waals surface area contributed by atoms with Crippen molar-refractivity contribution in [1.29, 1.82) is 0 Å². The van der Waals surface area contributed by atoms with Crippen molar-refractivity contribution in [3.05, 3.63) is 27.2 Å². The molecule has 2 aromatic heterocycles. The van der Waals surface area contributed by atoms with E-state index in [1.54, 1.807) is 9.80 Å². The summed E-state index contributed by atoms with van der Waals surface area (Å²) in [6, 6.07) is 0. The Balaban J connectivity index is 1.85. The Labute approximate surface area is 142 Å². The normalized spacial score (nSPS) is 15.0. The molecule has 10 heteroatoms. The molecule has 0 saturated carbocycles. The fourth-order valence-electron chi connectivity index (χ4n) is 3.03. The van der Waals surface area contributed by atoms with Gasteiger partial charge in [0, 0.05) is 47.2 Å². The molecule has 0 aromatic carbocycles. The second-order valence-corrected chi connectivity index (χ2v) is 6.14. The Morgan fingerprint density at radius 3 is 2.24 bits per heavy atom. The number of hydrogen-bond donors (Lipinski definition) is 0. The van der Waals surface area contributed by atoms with Gasteiger partial charge in [-0.1, -0.05) is 0 Å². The van der Waals surface area contributed by atoms with E-state index in [9.17, 15) is 19.2 Å². The number of hydrogen-bond acceptors (Lipinski definition) is 5. The molecular weight excluding hydrogens is 328 g/mol. The first-order valence-corrected chi connectivity index (χ1v) is 7.95. The van der Waals surface area contributed by atoms with E-state index >= 15 is 0 Å². The Morgan fingerprint density at radius 1 is 1.04 bits per heavy atom. The molecule has 1 aliphatic rings. The van der Waals surface area contributed by atoms with Crippen LogP contribution in [0.1, 0.15) is 6.92 Å². The van der Waals surface area contributed by atoms with Crippen molar-refractivity contribution in [2.75, 3.05) is 26.2 Å². The molecule has 2 aromatic rings. The van der Waals surface area contributed by atoms with Crippen LogP contribution in [0.3, 0.4) is 0 Å². The van der Waals surface area contributed by atoms with Gasteiger partial charge in [-0.25, -0.2) is 9.78 Å². The molecular formula is C15H20N6O4. The molecule has 3 heterocycles. The molecule has 25 heavy (non-hydrogen) atoms. The Hall–Kier alpha value is -2.91. The zero-order chi connectivity index (χ0) is 18.3. The number of imidazole rings is 1. The van der Waals surface area contributed by atoms with E-state index in [1.807, 2.05) is 0 Å². The Bertz CT molecular complexity index is 961. The summed E-state index contributed by atoms with van der Waals surface area (Å²) in [4.78, 5) is 55.7. The van der Waals surface area contributed by atoms with Crippen molar-refractivity contribution >= 4 is 23.0 Å². The van der Waals surface area contributed by atoms with Gasteiger partial charge in [-0.3, -0.25) is 23.5 Å². The highest BCUT2D eigenvalue weighted by molar-refractivity contribution is 5.79. The van der Waals surface area contributed by atoms with Crippen LogP contribution in [0.2, 0.25) is 0 Å². The summed E-state index contributed by atoms with van der Waals surface area (Å²) in [5.41, 5.74) is -0.471. The van der Waals surface area contributed by atoms with Crippen LogP contribution < -0.4 is 11.2 Å². The Morgan fingerprint density at radius 2 is 1.64 bits per heavy atom. The van der Waals surface area contributed by atoms with E-state index in [-0.39, 0.29) is 29.5 Å². The van der Waals surface area contributed by atoms with E-state index in [0.717, 1.165) is 4.57 Å². The van der Waals surface area contributed by atoms with Crippen LogP contribution in [-0.4, -0.2) is 66.5 Å². The van der Waals surface area contributed by atoms with Crippen LogP contribution in [0, 0.1) is 0 Å². The minimum absolute atomic E-state index is 0.00267. The molecule has 1 aliphatic heterocycles. The highest BCUT2D eigenvalue weighted by Gasteiger charge is 2.23. The van der Waals surface area contributed by atoms with Gasteiger partial charge in [-0.15, -0.1) is 0 Å². The van der Waals surface area contributed by atoms with Gasteiger partial charge in [0.05, 0.1) is 6.33 Å². The second kappa shape index (κ2) is 6.19. The maximum Gasteiger partial charge on any atom is 0.332 e. The number of carbonyl (C=O) groups is 2. The lowest BCUT2D eigenvalue weighted by molar-refractivity contribution is -0.138. The zero-order valence-electron chi connectivity index (χ0n) is 14.4. The lowest BCUT2D eigenvalue weighted by atomic mass is 10.3. The smallest absolute Gasteiger partial charge is 0.332 e. The van der Waals surface area contributed by atoms with Gasteiger partial charge in [-0.2, -0.15) is 0 Å². The SMILES string of the molecule is CC(=O)N1CCN(C(=O)Cn2cnc3c2c(=O)n(C)c(=O)n3C)CC1. The number of aromatic nitrogens is 4. The molecule has 10 nitrogen and oxygen atoms in total. The number of aryl methyl sites for hydroxylation is 1. The predicted octanol–water partition coefficient (Wildman–Crippen LogP) is -1.88. The fraction of sp³-hybridized carbons (Fsp3) is 0.533. The average Bonchev–Trinajstić information content (AvgIpc) is 3.01. The van der Waals surface area contributed by atoms with E-state index in [0.29, 0.717) is 26.2 Å². The molecule has 0 bridgehead atoms. The van der Waals surface area contributed by atoms with Gasteiger partial charge in [0.2, 0.25) is 11.8 Å². The van der Waals surface area contributed by atoms with Crippen molar-refractivity contribution in [2.45, 2.75) is 13.5 Å². The summed E-state index contributed by atoms with van der Waals surface area (Å²) in [6.45, 7) is 3.40. The molecule has 2 amide bonds. The molecule has 0 spiro atoms. The molecule has 0 N–H and O–H groups in total. The van der Waals surface area contributed by atoms with Crippen molar-refractivity contribution in [3.8, 4) is 0 Å². The van der Waals surface area contributed by atoms with E-state index in [2.05, 4.69) is 4.98 Å². The summed E-state index contributed by atoms with van der Waals surface area (Å²) in [6.07, 6.45) is 1.40. The maximum absolute atomic E-state index is 12.5. The third-order valence-electron chi connectivity index (χ3n) is 4.60. The summed E-state index contributed by atoms with van der Waals surface area (Å²) in [7, 11) is 2.93. The summed E-state index contributed by atoms with van der Waals surface area (Å²) < 4.78 is 3.75. The van der Waals surface area contributed by atoms with E-state index in [4.69, 9.17) is 0 Å². The van der Waals surface area contributed by atoms with Crippen molar-refractivity contribution in [3.63, 3.8) is 0 Å². The quantitative estimate of drug-likeness (QED) is 0.632. The molecule has 0 aliphatic carbocycles. The van der Waals surface area contributed by atoms with Crippen LogP contribution in [-0.2, 0) is 30.2 Å². The number of carbonyl (C=O) groups excluding carboxylic acids is 2. The van der Waals surface area contributed by atoms with Gasteiger partial charge in [-0.05, 0) is 0 Å². The first kappa shape index (κ1) is 16.9. The molecule has 0 unspecified atom stereocenters. The third kappa shape index (κ3) is 2.83. The second-order valence-electron chi connectivity index (χ2n) is 6.14. The predicted molar refractivity (Wildman–Crippen MR) is 89.0 cm³/mol. The van der Waals surface area contributed by atoms with Gasteiger partial charge in [0.1, 0.15) is 6.54 Å². The minimum atomic E-state index is -0.482. The highest BCUT2D eigenvalue weighted by atomic mass is 16.2. The number of amides is 2. The van der Waals surface area contributed by atoms with Gasteiger partial charge in [0.25, 0.3) is 5.56 Å². The standard InChI is InChI=1S/C15H20N6O4/c1-10(22)19-4-6-20(7-5-19)11(23)8-21-9-16-13-12(21)14(24)18(3)15(25)17(13)2/h9H,4-8H2,1-3H3. The lowest BCUT2D eigenvalue weighted by Crippen LogP contribution is -2.50. The van der Waals surface area contributed by atoms with Gasteiger partial charge in [0.15, 0.2) is 11.2 Å². The highest BCUT2D eigenvalue weighted by Crippen LogP contribution is 2.08. The van der Waals surface area contributed by atoms with E-state index < -0.39 is 11.2 Å². The summed E-state index contributed by atoms with van der Waals surface area (Å²) in [5.74, 6) is -0.157. The number of piperazine rings is 1. The summed E-state index contributed by atoms with van der Waals surface area (Å²) in [5, 5.41) is 0. The zero-order valence-corrected chi connectivity index (χ0v) is 14.4. The number of nitrogens with zero attached hydrogens (tertiary/aromatic N) is 6. The van der Waals surface area contributed by atoms with Crippen LogP contribution in [0.5, 0.6) is 0 Å². The lowest BCUT2D eigenvalue weighted by Gasteiger charge is -2.34. The molecule has 0 atom stereocenters. The maximum atomic E-state index is 12.5. The molecule has 1 fully saturated rings. The van der Waals surface area contributed by atoms with Crippen molar-refractivity contribution < 1.29 is 9.59 Å². The largest absolute Gasteiger partial charge is 0.339 e. The molecule has 134 valence electrons. The fourth-order valence-corrected chi connectivity index (χ4v) is 3.03. The first-order valence-electron chi connectivity index (χ1n) is 7.95. The Kier molecular flexibility index (Phi) is 4.19. The van der Waals surface area contributed by atoms with Gasteiger partial charge >= 0.3 is 5.69 Å². The number of rotatable bonds is 2. The average molecular weight is 348 g/mol. The van der Waals surface area contributed by atoms with E-state index in [1.165, 1.54) is 36.5 Å².